The van der Waals surface area contributed by atoms with Crippen molar-refractivity contribution in [3.05, 3.63) is 30.3 Å². The van der Waals surface area contributed by atoms with Gasteiger partial charge >= 0.3 is 0 Å². The van der Waals surface area contributed by atoms with Gasteiger partial charge in [-0.05, 0) is 25.5 Å². The molecule has 2 aliphatic heterocycles. The zero-order chi connectivity index (χ0) is 17.9. The number of carbonyl (C=O) groups excluding carboxylic acids is 1. The predicted molar refractivity (Wildman–Crippen MR) is 101 cm³/mol. The molecular formula is C17H26ClN3O4S. The molecule has 3 rings (SSSR count). The lowest BCUT2D eigenvalue weighted by molar-refractivity contribution is -0.139. The van der Waals surface area contributed by atoms with Crippen molar-refractivity contribution in [2.45, 2.75) is 30.4 Å². The average molecular weight is 404 g/mol. The van der Waals surface area contributed by atoms with Gasteiger partial charge < -0.3 is 15.0 Å². The monoisotopic (exact) mass is 403 g/mol. The maximum absolute atomic E-state index is 12.8. The van der Waals surface area contributed by atoms with Crippen molar-refractivity contribution in [1.29, 1.82) is 0 Å². The van der Waals surface area contributed by atoms with E-state index in [9.17, 15) is 13.2 Å². The minimum atomic E-state index is -3.52. The molecule has 0 aliphatic carbocycles. The summed E-state index contributed by atoms with van der Waals surface area (Å²) in [6, 6.07) is 8.09. The van der Waals surface area contributed by atoms with Crippen LogP contribution in [-0.4, -0.2) is 75.0 Å². The summed E-state index contributed by atoms with van der Waals surface area (Å²) in [6.07, 6.45) is 0.452. The van der Waals surface area contributed by atoms with Crippen molar-refractivity contribution in [1.82, 2.24) is 14.5 Å². The van der Waals surface area contributed by atoms with Crippen LogP contribution in [0.1, 0.15) is 13.3 Å². The number of hydrogen-bond acceptors (Lipinski definition) is 5. The second kappa shape index (κ2) is 9.14. The Kier molecular flexibility index (Phi) is 7.42. The highest BCUT2D eigenvalue weighted by Gasteiger charge is 2.34. The SMILES string of the molecule is C[C@H]1OCCN[C@@H]1C(=O)N1CCCN(S(=O)(=O)c2ccccc2)CC1.Cl. The Morgan fingerprint density at radius 1 is 1.15 bits per heavy atom. The molecule has 1 aromatic rings. The quantitative estimate of drug-likeness (QED) is 0.804. The summed E-state index contributed by atoms with van der Waals surface area (Å²) < 4.78 is 32.5. The van der Waals surface area contributed by atoms with E-state index < -0.39 is 10.0 Å². The summed E-state index contributed by atoms with van der Waals surface area (Å²) in [6.45, 7) is 4.84. The molecule has 1 amide bonds. The number of sulfonamides is 1. The van der Waals surface area contributed by atoms with Gasteiger partial charge in [-0.25, -0.2) is 8.42 Å². The lowest BCUT2D eigenvalue weighted by Crippen LogP contribution is -2.56. The second-order valence-electron chi connectivity index (χ2n) is 6.40. The molecule has 146 valence electrons. The van der Waals surface area contributed by atoms with E-state index in [0.29, 0.717) is 50.6 Å². The average Bonchev–Trinajstić information content (AvgIpc) is 2.89. The Morgan fingerprint density at radius 2 is 1.88 bits per heavy atom. The summed E-state index contributed by atoms with van der Waals surface area (Å²) in [5.74, 6) is -0.00819. The van der Waals surface area contributed by atoms with Gasteiger partial charge in [-0.1, -0.05) is 18.2 Å². The van der Waals surface area contributed by atoms with Crippen LogP contribution in [0.4, 0.5) is 0 Å². The molecule has 2 atom stereocenters. The standard InChI is InChI=1S/C17H25N3O4S.ClH/c1-14-16(18-8-13-24-14)17(21)19-9-5-10-20(12-11-19)25(22,23)15-6-3-2-4-7-15;/h2-4,6-7,14,16,18H,5,8-13H2,1H3;1H/t14-,16+;/m1./s1. The molecule has 1 N–H and O–H groups in total. The highest BCUT2D eigenvalue weighted by atomic mass is 35.5. The number of nitrogens with zero attached hydrogens (tertiary/aromatic N) is 2. The van der Waals surface area contributed by atoms with E-state index in [1.165, 1.54) is 4.31 Å². The van der Waals surface area contributed by atoms with Crippen molar-refractivity contribution in [2.24, 2.45) is 0 Å². The molecule has 2 heterocycles. The van der Waals surface area contributed by atoms with Gasteiger partial charge in [-0.3, -0.25) is 4.79 Å². The van der Waals surface area contributed by atoms with Gasteiger partial charge in [-0.15, -0.1) is 12.4 Å². The van der Waals surface area contributed by atoms with Gasteiger partial charge in [0.25, 0.3) is 0 Å². The van der Waals surface area contributed by atoms with Crippen molar-refractivity contribution in [3.63, 3.8) is 0 Å². The van der Waals surface area contributed by atoms with Crippen LogP contribution in [0.3, 0.4) is 0 Å². The summed E-state index contributed by atoms with van der Waals surface area (Å²) in [5, 5.41) is 3.21. The van der Waals surface area contributed by atoms with Crippen LogP contribution in [0.5, 0.6) is 0 Å². The summed E-state index contributed by atoms with van der Waals surface area (Å²) in [4.78, 5) is 14.8. The Balaban J connectivity index is 0.00000243. The Morgan fingerprint density at radius 3 is 2.58 bits per heavy atom. The van der Waals surface area contributed by atoms with E-state index in [1.54, 1.807) is 35.2 Å². The van der Waals surface area contributed by atoms with Crippen LogP contribution < -0.4 is 5.32 Å². The van der Waals surface area contributed by atoms with Crippen LogP contribution in [0.25, 0.3) is 0 Å². The third-order valence-electron chi connectivity index (χ3n) is 4.73. The Bertz CT molecular complexity index is 701. The number of carbonyl (C=O) groups is 1. The van der Waals surface area contributed by atoms with Crippen molar-refractivity contribution >= 4 is 28.3 Å². The number of nitrogens with one attached hydrogen (secondary N) is 1. The fraction of sp³-hybridized carbons (Fsp3) is 0.588. The van der Waals surface area contributed by atoms with Crippen molar-refractivity contribution < 1.29 is 17.9 Å². The fourth-order valence-corrected chi connectivity index (χ4v) is 4.79. The van der Waals surface area contributed by atoms with Crippen molar-refractivity contribution in [3.8, 4) is 0 Å². The van der Waals surface area contributed by atoms with Crippen molar-refractivity contribution in [2.75, 3.05) is 39.3 Å². The van der Waals surface area contributed by atoms with Crippen LogP contribution >= 0.6 is 12.4 Å². The van der Waals surface area contributed by atoms with Crippen LogP contribution in [0.15, 0.2) is 35.2 Å². The van der Waals surface area contributed by atoms with E-state index >= 15 is 0 Å². The molecule has 2 fully saturated rings. The Hall–Kier alpha value is -1.19. The van der Waals surface area contributed by atoms with Crippen LogP contribution in [-0.2, 0) is 19.6 Å². The highest BCUT2D eigenvalue weighted by molar-refractivity contribution is 7.89. The molecule has 9 heteroatoms. The number of benzene rings is 1. The molecule has 7 nitrogen and oxygen atoms in total. The molecule has 0 spiro atoms. The molecule has 1 aromatic carbocycles. The number of ether oxygens (including phenoxy) is 1. The molecule has 0 radical (unpaired) electrons. The molecule has 0 saturated carbocycles. The fourth-order valence-electron chi connectivity index (χ4n) is 3.30. The largest absolute Gasteiger partial charge is 0.375 e. The maximum atomic E-state index is 12.8. The molecule has 0 aromatic heterocycles. The minimum absolute atomic E-state index is 0. The first-order valence-electron chi connectivity index (χ1n) is 8.69. The van der Waals surface area contributed by atoms with Crippen LogP contribution in [0, 0.1) is 0 Å². The molecule has 26 heavy (non-hydrogen) atoms. The number of hydrogen-bond donors (Lipinski definition) is 1. The minimum Gasteiger partial charge on any atom is -0.375 e. The molecule has 0 unspecified atom stereocenters. The van der Waals surface area contributed by atoms with E-state index in [-0.39, 0.29) is 30.5 Å². The first kappa shape index (κ1) is 21.1. The van der Waals surface area contributed by atoms with E-state index in [0.717, 1.165) is 0 Å². The topological polar surface area (TPSA) is 79.0 Å². The number of amides is 1. The van der Waals surface area contributed by atoms with E-state index in [4.69, 9.17) is 4.74 Å². The first-order valence-corrected chi connectivity index (χ1v) is 10.1. The molecule has 0 bridgehead atoms. The maximum Gasteiger partial charge on any atom is 0.243 e. The molecular weight excluding hydrogens is 378 g/mol. The lowest BCUT2D eigenvalue weighted by Gasteiger charge is -2.33. The van der Waals surface area contributed by atoms with E-state index in [2.05, 4.69) is 5.32 Å². The van der Waals surface area contributed by atoms with E-state index in [1.807, 2.05) is 6.92 Å². The van der Waals surface area contributed by atoms with Gasteiger partial charge in [0.15, 0.2) is 0 Å². The normalized spacial score (nSPS) is 25.2. The number of rotatable bonds is 3. The van der Waals surface area contributed by atoms with Gasteiger partial charge in [0.1, 0.15) is 6.04 Å². The third kappa shape index (κ3) is 4.55. The predicted octanol–water partition coefficient (Wildman–Crippen LogP) is 0.708. The zero-order valence-electron chi connectivity index (χ0n) is 14.8. The van der Waals surface area contributed by atoms with Gasteiger partial charge in [-0.2, -0.15) is 4.31 Å². The summed E-state index contributed by atoms with van der Waals surface area (Å²) in [7, 11) is -3.52. The van der Waals surface area contributed by atoms with Crippen LogP contribution in [0.2, 0.25) is 0 Å². The smallest absolute Gasteiger partial charge is 0.243 e. The first-order chi connectivity index (χ1) is 12.0. The Labute approximate surface area is 161 Å². The zero-order valence-corrected chi connectivity index (χ0v) is 16.5. The van der Waals surface area contributed by atoms with Gasteiger partial charge in [0.2, 0.25) is 15.9 Å². The molecule has 2 aliphatic rings. The highest BCUT2D eigenvalue weighted by Crippen LogP contribution is 2.18. The summed E-state index contributed by atoms with van der Waals surface area (Å²) in [5.41, 5.74) is 0. The lowest BCUT2D eigenvalue weighted by atomic mass is 10.1. The third-order valence-corrected chi connectivity index (χ3v) is 6.64. The molecule has 2 saturated heterocycles. The second-order valence-corrected chi connectivity index (χ2v) is 8.34. The van der Waals surface area contributed by atoms with Gasteiger partial charge in [0.05, 0.1) is 17.6 Å². The summed E-state index contributed by atoms with van der Waals surface area (Å²) >= 11 is 0. The number of morpholine rings is 1. The number of halogens is 1. The van der Waals surface area contributed by atoms with Gasteiger partial charge in [0, 0.05) is 32.7 Å².